The normalized spacial score (nSPS) is 10.5. The second-order valence-electron chi connectivity index (χ2n) is 4.31. The van der Waals surface area contributed by atoms with Crippen molar-refractivity contribution in [2.45, 2.75) is 20.1 Å². The number of aromatic nitrogens is 2. The molecular weight excluding hydrogens is 254 g/mol. The second kappa shape index (κ2) is 7.57. The molecule has 0 unspecified atom stereocenters. The van der Waals surface area contributed by atoms with Crippen molar-refractivity contribution in [2.24, 2.45) is 0 Å². The van der Waals surface area contributed by atoms with Crippen LogP contribution in [0.3, 0.4) is 0 Å². The predicted molar refractivity (Wildman–Crippen MR) is 76.6 cm³/mol. The lowest BCUT2D eigenvalue weighted by molar-refractivity contribution is 0.184. The minimum Gasteiger partial charge on any atom is -0.437 e. The number of nitrogens with zero attached hydrogens (tertiary/aromatic N) is 2. The van der Waals surface area contributed by atoms with E-state index in [1.807, 2.05) is 24.3 Å². The molecule has 20 heavy (non-hydrogen) atoms. The number of hydrogen-bond donors (Lipinski definition) is 1. The van der Waals surface area contributed by atoms with Crippen molar-refractivity contribution >= 4 is 0 Å². The fraction of sp³-hybridized carbons (Fsp3) is 0.333. The van der Waals surface area contributed by atoms with Gasteiger partial charge in [-0.2, -0.15) is 0 Å². The SMILES string of the molecule is CCNCc1cnc(Oc2cccc(COC)c2)cn1. The second-order valence-corrected chi connectivity index (χ2v) is 4.31. The molecule has 0 atom stereocenters. The topological polar surface area (TPSA) is 56.3 Å². The first-order valence-electron chi connectivity index (χ1n) is 6.59. The first kappa shape index (κ1) is 14.4. The van der Waals surface area contributed by atoms with Crippen LogP contribution in [0.4, 0.5) is 0 Å². The molecule has 1 aromatic heterocycles. The van der Waals surface area contributed by atoms with E-state index in [9.17, 15) is 0 Å². The Morgan fingerprint density at radius 3 is 2.80 bits per heavy atom. The summed E-state index contributed by atoms with van der Waals surface area (Å²) in [5, 5.41) is 3.20. The first-order chi connectivity index (χ1) is 9.81. The zero-order valence-corrected chi connectivity index (χ0v) is 11.8. The Balaban J connectivity index is 2.00. The van der Waals surface area contributed by atoms with E-state index in [0.29, 0.717) is 19.0 Å². The molecule has 0 bridgehead atoms. The molecule has 1 N–H and O–H groups in total. The van der Waals surface area contributed by atoms with Gasteiger partial charge in [0.25, 0.3) is 0 Å². The van der Waals surface area contributed by atoms with Gasteiger partial charge in [0.05, 0.1) is 24.7 Å². The largest absolute Gasteiger partial charge is 0.437 e. The van der Waals surface area contributed by atoms with Crippen LogP contribution in [0, 0.1) is 0 Å². The standard InChI is InChI=1S/C15H19N3O2/c1-3-16-8-13-9-18-15(10-17-13)20-14-6-4-5-12(7-14)11-19-2/h4-7,9-10,16H,3,8,11H2,1-2H3. The van der Waals surface area contributed by atoms with Crippen LogP contribution in [0.1, 0.15) is 18.2 Å². The quantitative estimate of drug-likeness (QED) is 0.840. The molecule has 2 aromatic rings. The van der Waals surface area contributed by atoms with Crippen molar-refractivity contribution in [1.29, 1.82) is 0 Å². The molecule has 0 saturated carbocycles. The van der Waals surface area contributed by atoms with E-state index >= 15 is 0 Å². The average molecular weight is 273 g/mol. The van der Waals surface area contributed by atoms with Gasteiger partial charge in [0.1, 0.15) is 5.75 Å². The number of nitrogens with one attached hydrogen (secondary N) is 1. The lowest BCUT2D eigenvalue weighted by atomic mass is 10.2. The highest BCUT2D eigenvalue weighted by Crippen LogP contribution is 2.20. The van der Waals surface area contributed by atoms with Crippen LogP contribution in [0.15, 0.2) is 36.7 Å². The van der Waals surface area contributed by atoms with Crippen LogP contribution in [-0.2, 0) is 17.9 Å². The van der Waals surface area contributed by atoms with Gasteiger partial charge in [-0.3, -0.25) is 4.98 Å². The fourth-order valence-corrected chi connectivity index (χ4v) is 1.73. The van der Waals surface area contributed by atoms with Crippen LogP contribution >= 0.6 is 0 Å². The van der Waals surface area contributed by atoms with Crippen molar-refractivity contribution in [2.75, 3.05) is 13.7 Å². The van der Waals surface area contributed by atoms with Gasteiger partial charge in [0, 0.05) is 13.7 Å². The zero-order valence-electron chi connectivity index (χ0n) is 11.8. The summed E-state index contributed by atoms with van der Waals surface area (Å²) in [5.74, 6) is 1.22. The maximum atomic E-state index is 5.68. The van der Waals surface area contributed by atoms with Crippen molar-refractivity contribution in [3.8, 4) is 11.6 Å². The van der Waals surface area contributed by atoms with Crippen LogP contribution in [0.5, 0.6) is 11.6 Å². The van der Waals surface area contributed by atoms with Gasteiger partial charge in [-0.1, -0.05) is 19.1 Å². The van der Waals surface area contributed by atoms with E-state index in [2.05, 4.69) is 22.2 Å². The van der Waals surface area contributed by atoms with Crippen LogP contribution in [0.25, 0.3) is 0 Å². The van der Waals surface area contributed by atoms with Gasteiger partial charge in [0.15, 0.2) is 0 Å². The summed E-state index contributed by atoms with van der Waals surface area (Å²) in [4.78, 5) is 8.54. The van der Waals surface area contributed by atoms with Crippen LogP contribution in [0.2, 0.25) is 0 Å². The molecule has 0 fully saturated rings. The number of benzene rings is 1. The van der Waals surface area contributed by atoms with Crippen LogP contribution < -0.4 is 10.1 Å². The Bertz CT molecular complexity index is 529. The molecule has 106 valence electrons. The van der Waals surface area contributed by atoms with Gasteiger partial charge in [-0.05, 0) is 24.2 Å². The number of methoxy groups -OCH3 is 1. The highest BCUT2D eigenvalue weighted by molar-refractivity contribution is 5.30. The number of hydrogen-bond acceptors (Lipinski definition) is 5. The lowest BCUT2D eigenvalue weighted by Crippen LogP contribution is -2.13. The van der Waals surface area contributed by atoms with E-state index in [-0.39, 0.29) is 0 Å². The van der Waals surface area contributed by atoms with E-state index in [4.69, 9.17) is 9.47 Å². The summed E-state index contributed by atoms with van der Waals surface area (Å²) in [6.07, 6.45) is 3.35. The zero-order chi connectivity index (χ0) is 14.2. The highest BCUT2D eigenvalue weighted by atomic mass is 16.5. The molecule has 0 spiro atoms. The Labute approximate surface area is 119 Å². The smallest absolute Gasteiger partial charge is 0.237 e. The molecule has 1 heterocycles. The Hall–Kier alpha value is -1.98. The van der Waals surface area contributed by atoms with E-state index in [0.717, 1.165) is 23.6 Å². The van der Waals surface area contributed by atoms with Gasteiger partial charge in [-0.15, -0.1) is 0 Å². The molecule has 5 heteroatoms. The third kappa shape index (κ3) is 4.29. The van der Waals surface area contributed by atoms with E-state index in [1.54, 1.807) is 19.5 Å². The maximum absolute atomic E-state index is 5.68. The summed E-state index contributed by atoms with van der Waals surface area (Å²) in [6.45, 7) is 4.24. The summed E-state index contributed by atoms with van der Waals surface area (Å²) in [6, 6.07) is 7.73. The van der Waals surface area contributed by atoms with Crippen molar-refractivity contribution in [1.82, 2.24) is 15.3 Å². The Kier molecular flexibility index (Phi) is 5.46. The van der Waals surface area contributed by atoms with E-state index in [1.165, 1.54) is 0 Å². The molecule has 5 nitrogen and oxygen atoms in total. The minimum absolute atomic E-state index is 0.486. The molecule has 0 aliphatic carbocycles. The lowest BCUT2D eigenvalue weighted by Gasteiger charge is -2.07. The van der Waals surface area contributed by atoms with Gasteiger partial charge in [0.2, 0.25) is 5.88 Å². The summed E-state index contributed by atoms with van der Waals surface area (Å²) >= 11 is 0. The number of rotatable bonds is 7. The van der Waals surface area contributed by atoms with Crippen LogP contribution in [-0.4, -0.2) is 23.6 Å². The minimum atomic E-state index is 0.486. The molecule has 0 aliphatic heterocycles. The van der Waals surface area contributed by atoms with Crippen molar-refractivity contribution in [3.05, 3.63) is 47.9 Å². The molecule has 1 aromatic carbocycles. The highest BCUT2D eigenvalue weighted by Gasteiger charge is 2.02. The van der Waals surface area contributed by atoms with E-state index < -0.39 is 0 Å². The third-order valence-corrected chi connectivity index (χ3v) is 2.67. The monoisotopic (exact) mass is 273 g/mol. The third-order valence-electron chi connectivity index (χ3n) is 2.67. The molecular formula is C15H19N3O2. The maximum Gasteiger partial charge on any atom is 0.237 e. The van der Waals surface area contributed by atoms with Gasteiger partial charge >= 0.3 is 0 Å². The molecule has 0 saturated heterocycles. The van der Waals surface area contributed by atoms with Gasteiger partial charge < -0.3 is 14.8 Å². The predicted octanol–water partition coefficient (Wildman–Crippen LogP) is 2.52. The first-order valence-corrected chi connectivity index (χ1v) is 6.59. The Morgan fingerprint density at radius 1 is 1.20 bits per heavy atom. The Morgan fingerprint density at radius 2 is 2.10 bits per heavy atom. The van der Waals surface area contributed by atoms with Crippen molar-refractivity contribution in [3.63, 3.8) is 0 Å². The summed E-state index contributed by atoms with van der Waals surface area (Å²) in [7, 11) is 1.67. The van der Waals surface area contributed by atoms with Crippen molar-refractivity contribution < 1.29 is 9.47 Å². The molecule has 0 amide bonds. The van der Waals surface area contributed by atoms with Gasteiger partial charge in [-0.25, -0.2) is 4.98 Å². The molecule has 0 aliphatic rings. The summed E-state index contributed by atoms with van der Waals surface area (Å²) < 4.78 is 10.8. The summed E-state index contributed by atoms with van der Waals surface area (Å²) in [5.41, 5.74) is 1.95. The molecule has 2 rings (SSSR count). The fourth-order valence-electron chi connectivity index (χ4n) is 1.73. The molecule has 0 radical (unpaired) electrons. The number of ether oxygens (including phenoxy) is 2. The average Bonchev–Trinajstić information content (AvgIpc) is 2.47.